The summed E-state index contributed by atoms with van der Waals surface area (Å²) in [5.41, 5.74) is 4.16. The molecule has 0 radical (unpaired) electrons. The second kappa shape index (κ2) is 5.37. The lowest BCUT2D eigenvalue weighted by molar-refractivity contribution is 0.884. The van der Waals surface area contributed by atoms with Crippen molar-refractivity contribution in [3.05, 3.63) is 65.2 Å². The number of hydrogen-bond acceptors (Lipinski definition) is 2. The van der Waals surface area contributed by atoms with Gasteiger partial charge in [-0.2, -0.15) is 5.26 Å². The van der Waals surface area contributed by atoms with Crippen molar-refractivity contribution in [1.82, 2.24) is 0 Å². The Morgan fingerprint density at radius 1 is 1.11 bits per heavy atom. The maximum absolute atomic E-state index is 8.89. The SMILES string of the molecule is Cc1ccc(NC(C)c2cccc(C#N)c2)cc1. The lowest BCUT2D eigenvalue weighted by Gasteiger charge is -2.16. The second-order valence-corrected chi connectivity index (χ2v) is 4.47. The average Bonchev–Trinajstić information content (AvgIpc) is 2.41. The zero-order valence-electron chi connectivity index (χ0n) is 10.6. The zero-order valence-corrected chi connectivity index (χ0v) is 10.6. The van der Waals surface area contributed by atoms with Gasteiger partial charge < -0.3 is 5.32 Å². The third kappa shape index (κ3) is 2.89. The normalized spacial score (nSPS) is 11.6. The van der Waals surface area contributed by atoms with Crippen molar-refractivity contribution in [2.45, 2.75) is 19.9 Å². The summed E-state index contributed by atoms with van der Waals surface area (Å²) in [7, 11) is 0. The maximum Gasteiger partial charge on any atom is 0.0991 e. The third-order valence-electron chi connectivity index (χ3n) is 2.95. The van der Waals surface area contributed by atoms with Crippen LogP contribution in [-0.2, 0) is 0 Å². The summed E-state index contributed by atoms with van der Waals surface area (Å²) in [4.78, 5) is 0. The first-order valence-electron chi connectivity index (χ1n) is 6.02. The van der Waals surface area contributed by atoms with Crippen LogP contribution in [0, 0.1) is 18.3 Å². The number of anilines is 1. The number of aryl methyl sites for hydroxylation is 1. The molecule has 1 atom stereocenters. The van der Waals surface area contributed by atoms with Crippen molar-refractivity contribution in [3.63, 3.8) is 0 Å². The molecule has 2 heteroatoms. The molecule has 0 spiro atoms. The highest BCUT2D eigenvalue weighted by Crippen LogP contribution is 2.20. The summed E-state index contributed by atoms with van der Waals surface area (Å²) >= 11 is 0. The molecule has 1 unspecified atom stereocenters. The van der Waals surface area contributed by atoms with Crippen LogP contribution in [0.3, 0.4) is 0 Å². The predicted molar refractivity (Wildman–Crippen MR) is 74.4 cm³/mol. The third-order valence-corrected chi connectivity index (χ3v) is 2.95. The number of hydrogen-bond donors (Lipinski definition) is 1. The van der Waals surface area contributed by atoms with E-state index < -0.39 is 0 Å². The fourth-order valence-electron chi connectivity index (χ4n) is 1.86. The fraction of sp³-hybridized carbons (Fsp3) is 0.188. The first kappa shape index (κ1) is 12.2. The minimum Gasteiger partial charge on any atom is -0.379 e. The summed E-state index contributed by atoms with van der Waals surface area (Å²) in [6.07, 6.45) is 0. The smallest absolute Gasteiger partial charge is 0.0991 e. The monoisotopic (exact) mass is 236 g/mol. The van der Waals surface area contributed by atoms with E-state index in [4.69, 9.17) is 5.26 Å². The number of benzene rings is 2. The van der Waals surface area contributed by atoms with E-state index in [9.17, 15) is 0 Å². The van der Waals surface area contributed by atoms with Gasteiger partial charge in [-0.1, -0.05) is 29.8 Å². The van der Waals surface area contributed by atoms with Crippen molar-refractivity contribution >= 4 is 5.69 Å². The van der Waals surface area contributed by atoms with Gasteiger partial charge in [0, 0.05) is 11.7 Å². The fourth-order valence-corrected chi connectivity index (χ4v) is 1.86. The minimum absolute atomic E-state index is 0.181. The van der Waals surface area contributed by atoms with Gasteiger partial charge in [0.05, 0.1) is 11.6 Å². The van der Waals surface area contributed by atoms with Crippen LogP contribution in [0.2, 0.25) is 0 Å². The first-order chi connectivity index (χ1) is 8.69. The van der Waals surface area contributed by atoms with Gasteiger partial charge in [0.25, 0.3) is 0 Å². The van der Waals surface area contributed by atoms with Crippen LogP contribution in [-0.4, -0.2) is 0 Å². The van der Waals surface area contributed by atoms with Crippen molar-refractivity contribution in [3.8, 4) is 6.07 Å². The van der Waals surface area contributed by atoms with Gasteiger partial charge in [0.15, 0.2) is 0 Å². The highest BCUT2D eigenvalue weighted by molar-refractivity contribution is 5.47. The molecule has 0 aromatic heterocycles. The van der Waals surface area contributed by atoms with Crippen LogP contribution in [0.15, 0.2) is 48.5 Å². The quantitative estimate of drug-likeness (QED) is 0.873. The van der Waals surface area contributed by atoms with Gasteiger partial charge in [-0.05, 0) is 43.7 Å². The number of rotatable bonds is 3. The Morgan fingerprint density at radius 2 is 1.83 bits per heavy atom. The van der Waals surface area contributed by atoms with Crippen LogP contribution in [0.25, 0.3) is 0 Å². The molecule has 2 aromatic carbocycles. The highest BCUT2D eigenvalue weighted by atomic mass is 14.9. The molecule has 0 fully saturated rings. The van der Waals surface area contributed by atoms with Gasteiger partial charge in [0.1, 0.15) is 0 Å². The van der Waals surface area contributed by atoms with E-state index in [1.54, 1.807) is 0 Å². The standard InChI is InChI=1S/C16H16N2/c1-12-6-8-16(9-7-12)18-13(2)15-5-3-4-14(10-15)11-17/h3-10,13,18H,1-2H3. The Morgan fingerprint density at radius 3 is 2.50 bits per heavy atom. The van der Waals surface area contributed by atoms with E-state index in [1.807, 2.05) is 24.3 Å². The molecule has 18 heavy (non-hydrogen) atoms. The van der Waals surface area contributed by atoms with Crippen LogP contribution in [0.4, 0.5) is 5.69 Å². The van der Waals surface area contributed by atoms with E-state index in [2.05, 4.69) is 49.5 Å². The molecule has 0 aliphatic rings. The molecule has 0 amide bonds. The van der Waals surface area contributed by atoms with Gasteiger partial charge >= 0.3 is 0 Å². The Kier molecular flexibility index (Phi) is 3.64. The lowest BCUT2D eigenvalue weighted by Crippen LogP contribution is -2.06. The Hall–Kier alpha value is -2.27. The van der Waals surface area contributed by atoms with E-state index in [-0.39, 0.29) is 6.04 Å². The van der Waals surface area contributed by atoms with Crippen molar-refractivity contribution in [2.24, 2.45) is 0 Å². The van der Waals surface area contributed by atoms with E-state index >= 15 is 0 Å². The summed E-state index contributed by atoms with van der Waals surface area (Å²) in [5.74, 6) is 0. The largest absolute Gasteiger partial charge is 0.379 e. The summed E-state index contributed by atoms with van der Waals surface area (Å²) < 4.78 is 0. The molecule has 0 aliphatic heterocycles. The topological polar surface area (TPSA) is 35.8 Å². The van der Waals surface area contributed by atoms with Gasteiger partial charge in [0.2, 0.25) is 0 Å². The molecule has 0 saturated carbocycles. The summed E-state index contributed by atoms with van der Waals surface area (Å²) in [5, 5.41) is 12.3. The molecule has 0 bridgehead atoms. The molecule has 2 aromatic rings. The van der Waals surface area contributed by atoms with Crippen molar-refractivity contribution in [1.29, 1.82) is 5.26 Å². The molecule has 0 saturated heterocycles. The number of nitrogens with one attached hydrogen (secondary N) is 1. The average molecular weight is 236 g/mol. The van der Waals surface area contributed by atoms with Crippen LogP contribution >= 0.6 is 0 Å². The van der Waals surface area contributed by atoms with Crippen LogP contribution in [0.1, 0.15) is 29.7 Å². The first-order valence-corrected chi connectivity index (χ1v) is 6.02. The van der Waals surface area contributed by atoms with E-state index in [1.165, 1.54) is 5.56 Å². The van der Waals surface area contributed by atoms with E-state index in [0.717, 1.165) is 11.3 Å². The van der Waals surface area contributed by atoms with E-state index in [0.29, 0.717) is 5.56 Å². The molecule has 2 nitrogen and oxygen atoms in total. The Balaban J connectivity index is 2.14. The van der Waals surface area contributed by atoms with Gasteiger partial charge in [-0.3, -0.25) is 0 Å². The van der Waals surface area contributed by atoms with Crippen molar-refractivity contribution < 1.29 is 0 Å². The molecule has 1 N–H and O–H groups in total. The molecule has 0 aliphatic carbocycles. The maximum atomic E-state index is 8.89. The number of nitriles is 1. The van der Waals surface area contributed by atoms with Crippen molar-refractivity contribution in [2.75, 3.05) is 5.32 Å². The highest BCUT2D eigenvalue weighted by Gasteiger charge is 2.05. The lowest BCUT2D eigenvalue weighted by atomic mass is 10.1. The summed E-state index contributed by atoms with van der Waals surface area (Å²) in [6.45, 7) is 4.17. The second-order valence-electron chi connectivity index (χ2n) is 4.47. The number of nitrogens with zero attached hydrogens (tertiary/aromatic N) is 1. The predicted octanol–water partition coefficient (Wildman–Crippen LogP) is 4.04. The molecular weight excluding hydrogens is 220 g/mol. The summed E-state index contributed by atoms with van der Waals surface area (Å²) in [6, 6.07) is 18.4. The Bertz CT molecular complexity index is 564. The minimum atomic E-state index is 0.181. The molecular formula is C16H16N2. The Labute approximate surface area is 108 Å². The van der Waals surface area contributed by atoms with Crippen LogP contribution in [0.5, 0.6) is 0 Å². The molecule has 90 valence electrons. The van der Waals surface area contributed by atoms with Crippen LogP contribution < -0.4 is 5.32 Å². The van der Waals surface area contributed by atoms with Gasteiger partial charge in [-0.15, -0.1) is 0 Å². The van der Waals surface area contributed by atoms with Gasteiger partial charge in [-0.25, -0.2) is 0 Å². The zero-order chi connectivity index (χ0) is 13.0. The molecule has 2 rings (SSSR count). The molecule has 0 heterocycles.